The predicted molar refractivity (Wildman–Crippen MR) is 338 cm³/mol. The molecule has 0 radical (unpaired) electrons. The lowest BCUT2D eigenvalue weighted by Crippen LogP contribution is -2.45. The highest BCUT2D eigenvalue weighted by molar-refractivity contribution is 5.76. The second-order valence-corrected chi connectivity index (χ2v) is 23.5. The Morgan fingerprint density at radius 2 is 0.649 bits per heavy atom. The SMILES string of the molecule is CCCCC/C=C\C/C=C\CCCCCCCCCC(=O)OCCCCCCCCCCCCCC/C=C\CCCCCCCCCCCCCCCCCCCC(=O)NC(CO)C(O)/C=C/CCCCCCCCCC. The maximum Gasteiger partial charge on any atom is 0.305 e. The Hall–Kier alpha value is -2.18. The molecule has 0 bridgehead atoms. The summed E-state index contributed by atoms with van der Waals surface area (Å²) in [5.41, 5.74) is 0. The molecule has 0 fully saturated rings. The fourth-order valence-corrected chi connectivity index (χ4v) is 10.5. The molecule has 0 saturated carbocycles. The quantitative estimate of drug-likeness (QED) is 0.0320. The van der Waals surface area contributed by atoms with Crippen molar-refractivity contribution in [3.63, 3.8) is 0 Å². The van der Waals surface area contributed by atoms with Crippen LogP contribution in [0, 0.1) is 0 Å². The van der Waals surface area contributed by atoms with Gasteiger partial charge >= 0.3 is 5.97 Å². The third-order valence-electron chi connectivity index (χ3n) is 15.8. The predicted octanol–water partition coefficient (Wildman–Crippen LogP) is 22.1. The third-order valence-corrected chi connectivity index (χ3v) is 15.8. The van der Waals surface area contributed by atoms with Gasteiger partial charge in [-0.05, 0) is 89.9 Å². The topological polar surface area (TPSA) is 95.9 Å². The highest BCUT2D eigenvalue weighted by Gasteiger charge is 2.18. The molecule has 0 aromatic carbocycles. The molecule has 0 saturated heterocycles. The molecule has 3 N–H and O–H groups in total. The lowest BCUT2D eigenvalue weighted by atomic mass is 10.0. The van der Waals surface area contributed by atoms with E-state index in [1.165, 1.54) is 289 Å². The van der Waals surface area contributed by atoms with Gasteiger partial charge in [0.25, 0.3) is 0 Å². The lowest BCUT2D eigenvalue weighted by molar-refractivity contribution is -0.143. The maximum absolute atomic E-state index is 12.4. The van der Waals surface area contributed by atoms with Crippen LogP contribution >= 0.6 is 0 Å². The molecule has 452 valence electrons. The van der Waals surface area contributed by atoms with Gasteiger partial charge in [0.15, 0.2) is 0 Å². The summed E-state index contributed by atoms with van der Waals surface area (Å²) in [5.74, 6) is -0.0555. The fourth-order valence-electron chi connectivity index (χ4n) is 10.5. The number of amides is 1. The van der Waals surface area contributed by atoms with Crippen LogP contribution in [-0.4, -0.2) is 47.4 Å². The van der Waals surface area contributed by atoms with Gasteiger partial charge in [-0.2, -0.15) is 0 Å². The van der Waals surface area contributed by atoms with Crippen LogP contribution in [0.2, 0.25) is 0 Å². The lowest BCUT2D eigenvalue weighted by Gasteiger charge is -2.20. The summed E-state index contributed by atoms with van der Waals surface area (Å²) < 4.78 is 5.50. The van der Waals surface area contributed by atoms with Crippen LogP contribution in [0.15, 0.2) is 48.6 Å². The van der Waals surface area contributed by atoms with Gasteiger partial charge < -0.3 is 20.3 Å². The second-order valence-electron chi connectivity index (χ2n) is 23.5. The van der Waals surface area contributed by atoms with Crippen molar-refractivity contribution < 1.29 is 24.5 Å². The fraction of sp³-hybridized carbons (Fsp3) is 0.859. The molecule has 6 nitrogen and oxygen atoms in total. The number of aliphatic hydroxyl groups is 2. The second kappa shape index (κ2) is 66.3. The molecule has 0 aliphatic carbocycles. The number of carbonyl (C=O) groups excluding carboxylic acids is 2. The molecule has 6 heteroatoms. The van der Waals surface area contributed by atoms with Crippen molar-refractivity contribution in [2.75, 3.05) is 13.2 Å². The largest absolute Gasteiger partial charge is 0.466 e. The van der Waals surface area contributed by atoms with Crippen LogP contribution in [0.4, 0.5) is 0 Å². The van der Waals surface area contributed by atoms with E-state index in [1.807, 2.05) is 6.08 Å². The highest BCUT2D eigenvalue weighted by atomic mass is 16.5. The molecular formula is C71H133NO5. The first-order chi connectivity index (χ1) is 38.0. The first kappa shape index (κ1) is 74.8. The van der Waals surface area contributed by atoms with Gasteiger partial charge in [-0.1, -0.05) is 313 Å². The van der Waals surface area contributed by atoms with E-state index in [0.717, 1.165) is 51.4 Å². The minimum Gasteiger partial charge on any atom is -0.466 e. The summed E-state index contributed by atoms with van der Waals surface area (Å²) in [6.07, 6.45) is 86.3. The minimum absolute atomic E-state index is 0.0105. The number of hydrogen-bond acceptors (Lipinski definition) is 5. The number of aliphatic hydroxyl groups excluding tert-OH is 2. The molecule has 1 amide bonds. The number of allylic oxidation sites excluding steroid dienone is 7. The van der Waals surface area contributed by atoms with E-state index >= 15 is 0 Å². The molecule has 0 rings (SSSR count). The normalized spacial score (nSPS) is 12.8. The third kappa shape index (κ3) is 62.9. The molecule has 2 atom stereocenters. The summed E-state index contributed by atoms with van der Waals surface area (Å²) in [4.78, 5) is 24.5. The Balaban J connectivity index is 3.34. The van der Waals surface area contributed by atoms with Crippen LogP contribution in [-0.2, 0) is 14.3 Å². The summed E-state index contributed by atoms with van der Waals surface area (Å²) in [6.45, 7) is 4.87. The van der Waals surface area contributed by atoms with Crippen molar-refractivity contribution in [1.29, 1.82) is 0 Å². The van der Waals surface area contributed by atoms with Gasteiger partial charge in [0.1, 0.15) is 0 Å². The van der Waals surface area contributed by atoms with Crippen molar-refractivity contribution in [3.8, 4) is 0 Å². The molecule has 0 aromatic heterocycles. The Labute approximate surface area is 480 Å². The summed E-state index contributed by atoms with van der Waals surface area (Å²) in [7, 11) is 0. The first-order valence-corrected chi connectivity index (χ1v) is 34.4. The number of rotatable bonds is 64. The van der Waals surface area contributed by atoms with Crippen molar-refractivity contribution in [1.82, 2.24) is 5.32 Å². The van der Waals surface area contributed by atoms with Gasteiger partial charge in [0.2, 0.25) is 5.91 Å². The molecule has 0 spiro atoms. The Bertz CT molecular complexity index is 1290. The Morgan fingerprint density at radius 1 is 0.364 bits per heavy atom. The first-order valence-electron chi connectivity index (χ1n) is 34.4. The van der Waals surface area contributed by atoms with Gasteiger partial charge in [0.05, 0.1) is 25.4 Å². The van der Waals surface area contributed by atoms with Gasteiger partial charge in [-0.25, -0.2) is 0 Å². The standard InChI is InChI=1S/C71H133NO5/c1-3-5-7-9-11-13-15-16-17-35-39-42-45-49-53-57-61-65-71(76)77-66-62-58-54-50-46-43-40-37-34-32-30-28-26-24-22-20-18-19-21-23-25-27-29-31-33-36-38-41-44-48-52-56-60-64-70(75)72-68(67-73)69(74)63-59-55-51-47-14-12-10-8-6-4-2/h11,13,16-17,22,24,59,63,68-69,73-74H,3-10,12,14-15,18-21,23,25-58,60-62,64-67H2,1-2H3,(H,72,75)/b13-11-,17-16-,24-22-,63-59+. The van der Waals surface area contributed by atoms with Crippen LogP contribution in [0.3, 0.4) is 0 Å². The van der Waals surface area contributed by atoms with Crippen LogP contribution in [0.5, 0.6) is 0 Å². The van der Waals surface area contributed by atoms with Gasteiger partial charge in [-0.3, -0.25) is 9.59 Å². The number of ether oxygens (including phenoxy) is 1. The molecule has 0 aromatic rings. The van der Waals surface area contributed by atoms with E-state index in [-0.39, 0.29) is 18.5 Å². The highest BCUT2D eigenvalue weighted by Crippen LogP contribution is 2.18. The monoisotopic (exact) mass is 1080 g/mol. The number of unbranched alkanes of at least 4 members (excludes halogenated alkanes) is 47. The van der Waals surface area contributed by atoms with Crippen molar-refractivity contribution in [2.24, 2.45) is 0 Å². The van der Waals surface area contributed by atoms with E-state index in [2.05, 4.69) is 55.6 Å². The van der Waals surface area contributed by atoms with Crippen LogP contribution in [0.25, 0.3) is 0 Å². The molecule has 0 heterocycles. The Morgan fingerprint density at radius 3 is 1.03 bits per heavy atom. The number of hydrogen-bond donors (Lipinski definition) is 3. The number of nitrogens with one attached hydrogen (secondary N) is 1. The summed E-state index contributed by atoms with van der Waals surface area (Å²) >= 11 is 0. The van der Waals surface area contributed by atoms with Crippen LogP contribution in [0.1, 0.15) is 367 Å². The van der Waals surface area contributed by atoms with Crippen molar-refractivity contribution >= 4 is 11.9 Å². The van der Waals surface area contributed by atoms with E-state index in [1.54, 1.807) is 6.08 Å². The molecule has 77 heavy (non-hydrogen) atoms. The van der Waals surface area contributed by atoms with Gasteiger partial charge in [-0.15, -0.1) is 0 Å². The minimum atomic E-state index is -0.841. The average Bonchev–Trinajstić information content (AvgIpc) is 3.43. The van der Waals surface area contributed by atoms with E-state index < -0.39 is 12.1 Å². The molecular weight excluding hydrogens is 947 g/mol. The zero-order chi connectivity index (χ0) is 55.7. The zero-order valence-corrected chi connectivity index (χ0v) is 51.7. The average molecular weight is 1080 g/mol. The number of esters is 1. The molecule has 0 aliphatic heterocycles. The van der Waals surface area contributed by atoms with Crippen LogP contribution < -0.4 is 5.32 Å². The van der Waals surface area contributed by atoms with E-state index in [4.69, 9.17) is 4.74 Å². The maximum atomic E-state index is 12.4. The number of carbonyl (C=O) groups is 2. The van der Waals surface area contributed by atoms with E-state index in [0.29, 0.717) is 19.4 Å². The van der Waals surface area contributed by atoms with Crippen molar-refractivity contribution in [2.45, 2.75) is 379 Å². The smallest absolute Gasteiger partial charge is 0.305 e. The molecule has 0 aliphatic rings. The van der Waals surface area contributed by atoms with Crippen molar-refractivity contribution in [3.05, 3.63) is 48.6 Å². The molecule has 2 unspecified atom stereocenters. The van der Waals surface area contributed by atoms with E-state index in [9.17, 15) is 19.8 Å². The zero-order valence-electron chi connectivity index (χ0n) is 51.7. The Kier molecular flexibility index (Phi) is 64.5. The summed E-state index contributed by atoms with van der Waals surface area (Å²) in [5, 5.41) is 23.0. The van der Waals surface area contributed by atoms with Gasteiger partial charge in [0, 0.05) is 12.8 Å². The summed E-state index contributed by atoms with van der Waals surface area (Å²) in [6, 6.07) is -0.624.